The Morgan fingerprint density at radius 1 is 1.11 bits per heavy atom. The van der Waals surface area contributed by atoms with Gasteiger partial charge in [0.2, 0.25) is 0 Å². The number of nitrogens with zero attached hydrogens (tertiary/aromatic N) is 4. The van der Waals surface area contributed by atoms with Gasteiger partial charge in [-0.15, -0.1) is 6.58 Å². The SMILES string of the molecule is C=CCN1CCc2c(c(CN(CC(C)C)C(=O)c3ccccc3OC)nn2-c2ccccc2OC)C1. The van der Waals surface area contributed by atoms with Crippen LogP contribution >= 0.6 is 0 Å². The summed E-state index contributed by atoms with van der Waals surface area (Å²) in [5.74, 6) is 1.59. The molecule has 3 aromatic rings. The number of methoxy groups -OCH3 is 2. The number of ether oxygens (including phenoxy) is 2. The van der Waals surface area contributed by atoms with Crippen LogP contribution in [0.5, 0.6) is 11.5 Å². The largest absolute Gasteiger partial charge is 0.496 e. The molecule has 0 fully saturated rings. The van der Waals surface area contributed by atoms with E-state index in [1.807, 2.05) is 64.2 Å². The second-order valence-corrected chi connectivity index (χ2v) is 9.51. The van der Waals surface area contributed by atoms with E-state index < -0.39 is 0 Å². The summed E-state index contributed by atoms with van der Waals surface area (Å²) >= 11 is 0. The van der Waals surface area contributed by atoms with Gasteiger partial charge in [0.1, 0.15) is 17.2 Å². The first kappa shape index (κ1) is 25.5. The lowest BCUT2D eigenvalue weighted by molar-refractivity contribution is 0.0716. The molecule has 1 aliphatic rings. The van der Waals surface area contributed by atoms with Crippen LogP contribution in [-0.2, 0) is 19.5 Å². The average molecular weight is 489 g/mol. The molecule has 0 bridgehead atoms. The predicted molar refractivity (Wildman–Crippen MR) is 142 cm³/mol. The first-order chi connectivity index (χ1) is 17.5. The van der Waals surface area contributed by atoms with Crippen LogP contribution in [0.15, 0.2) is 61.2 Å². The van der Waals surface area contributed by atoms with Gasteiger partial charge in [-0.25, -0.2) is 4.68 Å². The zero-order valence-corrected chi connectivity index (χ0v) is 21.7. The van der Waals surface area contributed by atoms with Gasteiger partial charge in [-0.1, -0.05) is 44.2 Å². The number of hydrogen-bond acceptors (Lipinski definition) is 5. The molecule has 4 rings (SSSR count). The molecule has 0 atom stereocenters. The molecule has 1 amide bonds. The third kappa shape index (κ3) is 5.31. The molecule has 0 N–H and O–H groups in total. The van der Waals surface area contributed by atoms with E-state index in [0.29, 0.717) is 30.3 Å². The number of benzene rings is 2. The van der Waals surface area contributed by atoms with Crippen molar-refractivity contribution in [1.82, 2.24) is 19.6 Å². The van der Waals surface area contributed by atoms with Gasteiger partial charge in [0.25, 0.3) is 5.91 Å². The highest BCUT2D eigenvalue weighted by Gasteiger charge is 2.29. The quantitative estimate of drug-likeness (QED) is 0.386. The maximum absolute atomic E-state index is 13.7. The molecule has 0 saturated carbocycles. The van der Waals surface area contributed by atoms with Crippen LogP contribution in [0.3, 0.4) is 0 Å². The first-order valence-corrected chi connectivity index (χ1v) is 12.4. The van der Waals surface area contributed by atoms with E-state index >= 15 is 0 Å². The van der Waals surface area contributed by atoms with Crippen molar-refractivity contribution in [3.8, 4) is 17.2 Å². The first-order valence-electron chi connectivity index (χ1n) is 12.4. The summed E-state index contributed by atoms with van der Waals surface area (Å²) in [4.78, 5) is 18.0. The van der Waals surface area contributed by atoms with Crippen LogP contribution in [0.4, 0.5) is 0 Å². The minimum atomic E-state index is -0.0551. The van der Waals surface area contributed by atoms with Crippen molar-refractivity contribution in [3.63, 3.8) is 0 Å². The molecule has 2 heterocycles. The summed E-state index contributed by atoms with van der Waals surface area (Å²) in [6, 6.07) is 15.3. The maximum atomic E-state index is 13.7. The average Bonchev–Trinajstić information content (AvgIpc) is 3.25. The third-order valence-electron chi connectivity index (χ3n) is 6.47. The zero-order valence-electron chi connectivity index (χ0n) is 21.7. The number of para-hydroxylation sites is 3. The van der Waals surface area contributed by atoms with E-state index in [-0.39, 0.29) is 5.91 Å². The van der Waals surface area contributed by atoms with Gasteiger partial charge >= 0.3 is 0 Å². The van der Waals surface area contributed by atoms with E-state index in [0.717, 1.165) is 43.2 Å². The molecule has 190 valence electrons. The maximum Gasteiger partial charge on any atom is 0.257 e. The lowest BCUT2D eigenvalue weighted by atomic mass is 10.0. The number of hydrogen-bond donors (Lipinski definition) is 0. The molecule has 0 radical (unpaired) electrons. The van der Waals surface area contributed by atoms with E-state index in [1.165, 1.54) is 11.3 Å². The molecule has 36 heavy (non-hydrogen) atoms. The number of fused-ring (bicyclic) bond motifs is 1. The van der Waals surface area contributed by atoms with Crippen LogP contribution in [0.2, 0.25) is 0 Å². The summed E-state index contributed by atoms with van der Waals surface area (Å²) in [7, 11) is 3.27. The van der Waals surface area contributed by atoms with Crippen molar-refractivity contribution in [2.45, 2.75) is 33.4 Å². The lowest BCUT2D eigenvalue weighted by Gasteiger charge is -2.28. The fourth-order valence-electron chi connectivity index (χ4n) is 4.84. The standard InChI is InChI=1S/C29H36N4O3/c1-6-16-31-17-15-25-23(19-31)24(30-33(25)26-12-8-10-14-28(26)36-5)20-32(18-21(2)3)29(34)22-11-7-9-13-27(22)35-4/h6-14,21H,1,15-20H2,2-5H3. The molecule has 0 aliphatic carbocycles. The number of rotatable bonds is 10. The van der Waals surface area contributed by atoms with Crippen molar-refractivity contribution >= 4 is 5.91 Å². The van der Waals surface area contributed by atoms with E-state index in [1.54, 1.807) is 14.2 Å². The number of amides is 1. The topological polar surface area (TPSA) is 59.8 Å². The van der Waals surface area contributed by atoms with Crippen molar-refractivity contribution in [1.29, 1.82) is 0 Å². The molecule has 2 aromatic carbocycles. The second kappa shape index (κ2) is 11.4. The Morgan fingerprint density at radius 2 is 1.81 bits per heavy atom. The monoisotopic (exact) mass is 488 g/mol. The van der Waals surface area contributed by atoms with E-state index in [9.17, 15) is 4.79 Å². The summed E-state index contributed by atoms with van der Waals surface area (Å²) in [6.07, 6.45) is 2.80. The van der Waals surface area contributed by atoms with Crippen LogP contribution in [-0.4, -0.2) is 59.3 Å². The molecule has 1 aromatic heterocycles. The minimum absolute atomic E-state index is 0.0551. The molecule has 0 spiro atoms. The van der Waals surface area contributed by atoms with Crippen molar-refractivity contribution in [2.24, 2.45) is 5.92 Å². The van der Waals surface area contributed by atoms with Crippen LogP contribution < -0.4 is 9.47 Å². The smallest absolute Gasteiger partial charge is 0.257 e. The highest BCUT2D eigenvalue weighted by Crippen LogP contribution is 2.31. The Balaban J connectivity index is 1.77. The van der Waals surface area contributed by atoms with Gasteiger partial charge < -0.3 is 14.4 Å². The minimum Gasteiger partial charge on any atom is -0.496 e. The van der Waals surface area contributed by atoms with E-state index in [2.05, 4.69) is 25.3 Å². The Hall–Kier alpha value is -3.58. The molecule has 7 heteroatoms. The number of carbonyl (C=O) groups excluding carboxylic acids is 1. The molecule has 1 aliphatic heterocycles. The van der Waals surface area contributed by atoms with Gasteiger partial charge in [0.05, 0.1) is 37.7 Å². The lowest BCUT2D eigenvalue weighted by Crippen LogP contribution is -2.35. The molecular weight excluding hydrogens is 452 g/mol. The highest BCUT2D eigenvalue weighted by molar-refractivity contribution is 5.97. The Labute approximate surface area is 213 Å². The molecular formula is C29H36N4O3. The summed E-state index contributed by atoms with van der Waals surface area (Å²) in [5, 5.41) is 5.09. The Bertz CT molecular complexity index is 1220. The fraction of sp³-hybridized carbons (Fsp3) is 0.379. The molecule has 0 saturated heterocycles. The normalized spacial score (nSPS) is 13.4. The van der Waals surface area contributed by atoms with Crippen LogP contribution in [0.25, 0.3) is 5.69 Å². The Kier molecular flexibility index (Phi) is 8.10. The number of carbonyl (C=O) groups is 1. The molecule has 7 nitrogen and oxygen atoms in total. The van der Waals surface area contributed by atoms with Crippen molar-refractivity contribution in [2.75, 3.05) is 33.9 Å². The van der Waals surface area contributed by atoms with Crippen molar-refractivity contribution in [3.05, 3.63) is 83.7 Å². The number of aromatic nitrogens is 2. The molecule has 0 unspecified atom stereocenters. The van der Waals surface area contributed by atoms with Crippen molar-refractivity contribution < 1.29 is 14.3 Å². The van der Waals surface area contributed by atoms with E-state index in [4.69, 9.17) is 14.6 Å². The summed E-state index contributed by atoms with van der Waals surface area (Å²) in [6.45, 7) is 11.7. The highest BCUT2D eigenvalue weighted by atomic mass is 16.5. The van der Waals surface area contributed by atoms with Crippen LogP contribution in [0, 0.1) is 5.92 Å². The fourth-order valence-corrected chi connectivity index (χ4v) is 4.84. The Morgan fingerprint density at radius 3 is 2.50 bits per heavy atom. The van der Waals surface area contributed by atoms with Gasteiger partial charge in [-0.3, -0.25) is 9.69 Å². The second-order valence-electron chi connectivity index (χ2n) is 9.51. The summed E-state index contributed by atoms with van der Waals surface area (Å²) < 4.78 is 13.2. The van der Waals surface area contributed by atoms with Gasteiger partial charge in [0.15, 0.2) is 0 Å². The van der Waals surface area contributed by atoms with Crippen LogP contribution in [0.1, 0.15) is 41.2 Å². The van der Waals surface area contributed by atoms with Gasteiger partial charge in [-0.05, 0) is 30.2 Å². The zero-order chi connectivity index (χ0) is 25.7. The predicted octanol–water partition coefficient (Wildman–Crippen LogP) is 4.73. The van der Waals surface area contributed by atoms with Gasteiger partial charge in [-0.2, -0.15) is 5.10 Å². The third-order valence-corrected chi connectivity index (χ3v) is 6.47. The van der Waals surface area contributed by atoms with Gasteiger partial charge in [0, 0.05) is 38.2 Å². The summed E-state index contributed by atoms with van der Waals surface area (Å²) in [5.41, 5.74) is 4.73.